The van der Waals surface area contributed by atoms with Crippen molar-refractivity contribution < 1.29 is 36.8 Å². The summed E-state index contributed by atoms with van der Waals surface area (Å²) in [5, 5.41) is 10.0. The second-order valence-electron chi connectivity index (χ2n) is 6.06. The van der Waals surface area contributed by atoms with Crippen LogP contribution in [0.2, 0.25) is 0 Å². The monoisotopic (exact) mass is 398 g/mol. The van der Waals surface area contributed by atoms with Crippen LogP contribution in [-0.4, -0.2) is 52.6 Å². The molecule has 3 atom stereocenters. The fraction of sp³-hybridized carbons (Fsp3) is 0.692. The second-order valence-corrected chi connectivity index (χ2v) is 7.73. The van der Waals surface area contributed by atoms with E-state index in [0.717, 1.165) is 4.57 Å². The predicted molar refractivity (Wildman–Crippen MR) is 81.0 cm³/mol. The zero-order chi connectivity index (χ0) is 19.1. The number of hydrogen-bond donors (Lipinski definition) is 2. The van der Waals surface area contributed by atoms with Crippen molar-refractivity contribution in [1.29, 1.82) is 0 Å². The minimum Gasteiger partial charge on any atom is -0.390 e. The number of nitrogens with zero attached hydrogens (tertiary/aromatic N) is 1. The molecular weight excluding hydrogens is 381 g/mol. The van der Waals surface area contributed by atoms with Crippen LogP contribution in [0.5, 0.6) is 0 Å². The molecule has 146 valence electrons. The van der Waals surface area contributed by atoms with Crippen molar-refractivity contribution in [2.75, 3.05) is 19.8 Å². The molecule has 0 radical (unpaired) electrons. The highest BCUT2D eigenvalue weighted by molar-refractivity contribution is 7.48. The highest BCUT2D eigenvalue weighted by Crippen LogP contribution is 2.54. The van der Waals surface area contributed by atoms with E-state index >= 15 is 0 Å². The SMILES string of the molecule is Cc1cn([C@H]2C[C@H](O)[C@@H](COP3(=O)OCC(F)(F)CO3)O2)c(=O)[nH]c1=O. The first-order valence-electron chi connectivity index (χ1n) is 7.66. The van der Waals surface area contributed by atoms with Crippen LogP contribution in [0.1, 0.15) is 18.2 Å². The molecule has 13 heteroatoms. The summed E-state index contributed by atoms with van der Waals surface area (Å²) in [6.07, 6.45) is -1.68. The summed E-state index contributed by atoms with van der Waals surface area (Å²) in [5.74, 6) is -3.25. The molecule has 0 aliphatic carbocycles. The van der Waals surface area contributed by atoms with Gasteiger partial charge in [-0.2, -0.15) is 0 Å². The van der Waals surface area contributed by atoms with Crippen molar-refractivity contribution in [2.45, 2.75) is 37.7 Å². The van der Waals surface area contributed by atoms with E-state index in [1.807, 2.05) is 0 Å². The Morgan fingerprint density at radius 3 is 2.73 bits per heavy atom. The quantitative estimate of drug-likeness (QED) is 0.693. The fourth-order valence-corrected chi connectivity index (χ4v) is 3.75. The van der Waals surface area contributed by atoms with Crippen LogP contribution in [-0.2, 0) is 22.9 Å². The van der Waals surface area contributed by atoms with Crippen molar-refractivity contribution in [3.8, 4) is 0 Å². The number of aromatic nitrogens is 2. The standard InChI is InChI=1S/C13H17F2N2O8P/c1-7-3-17(12(20)16-11(7)19)10-2-8(18)9(25-10)4-22-26(21)23-5-13(14,15)6-24-26/h3,8-10,18H,2,4-6H2,1H3,(H,16,19,20)/t8-,9+,10+/m0/s1. The van der Waals surface area contributed by atoms with Crippen LogP contribution in [0.3, 0.4) is 0 Å². The Bertz CT molecular complexity index is 826. The van der Waals surface area contributed by atoms with Gasteiger partial charge in [0.2, 0.25) is 0 Å². The van der Waals surface area contributed by atoms with Gasteiger partial charge in [0.15, 0.2) is 0 Å². The number of alkyl halides is 2. The number of nitrogens with one attached hydrogen (secondary N) is 1. The van der Waals surface area contributed by atoms with Crippen molar-refractivity contribution in [3.63, 3.8) is 0 Å². The van der Waals surface area contributed by atoms with Gasteiger partial charge in [0.25, 0.3) is 11.5 Å². The van der Waals surface area contributed by atoms with E-state index in [-0.39, 0.29) is 12.0 Å². The molecule has 3 rings (SSSR count). The molecule has 0 spiro atoms. The molecule has 10 nitrogen and oxygen atoms in total. The molecule has 0 amide bonds. The largest absolute Gasteiger partial charge is 0.475 e. The lowest BCUT2D eigenvalue weighted by molar-refractivity contribution is -0.122. The minimum absolute atomic E-state index is 0.00348. The second kappa shape index (κ2) is 6.95. The highest BCUT2D eigenvalue weighted by atomic mass is 31.2. The van der Waals surface area contributed by atoms with Crippen LogP contribution < -0.4 is 11.2 Å². The molecule has 0 saturated carbocycles. The van der Waals surface area contributed by atoms with Gasteiger partial charge in [-0.3, -0.25) is 27.9 Å². The van der Waals surface area contributed by atoms with E-state index in [4.69, 9.17) is 9.26 Å². The van der Waals surface area contributed by atoms with E-state index in [1.54, 1.807) is 0 Å². The zero-order valence-electron chi connectivity index (χ0n) is 13.6. The van der Waals surface area contributed by atoms with Crippen LogP contribution in [0.4, 0.5) is 8.78 Å². The van der Waals surface area contributed by atoms with Gasteiger partial charge in [0.05, 0.1) is 12.7 Å². The van der Waals surface area contributed by atoms with Gasteiger partial charge in [-0.1, -0.05) is 0 Å². The average Bonchev–Trinajstić information content (AvgIpc) is 2.93. The van der Waals surface area contributed by atoms with E-state index in [0.29, 0.717) is 0 Å². The maximum atomic E-state index is 12.9. The topological polar surface area (TPSA) is 129 Å². The Labute approximate surface area is 145 Å². The van der Waals surface area contributed by atoms with Crippen molar-refractivity contribution in [1.82, 2.24) is 9.55 Å². The van der Waals surface area contributed by atoms with E-state index in [9.17, 15) is 28.0 Å². The third kappa shape index (κ3) is 4.11. The average molecular weight is 398 g/mol. The van der Waals surface area contributed by atoms with Gasteiger partial charge < -0.3 is 9.84 Å². The summed E-state index contributed by atoms with van der Waals surface area (Å²) in [6.45, 7) is -1.17. The summed E-state index contributed by atoms with van der Waals surface area (Å²) in [6, 6.07) is 0. The van der Waals surface area contributed by atoms with Crippen molar-refractivity contribution in [3.05, 3.63) is 32.6 Å². The summed E-state index contributed by atoms with van der Waals surface area (Å²) < 4.78 is 58.4. The molecule has 1 aromatic heterocycles. The molecule has 2 saturated heterocycles. The molecule has 2 N–H and O–H groups in total. The number of hydrogen-bond acceptors (Lipinski definition) is 8. The molecule has 1 aromatic rings. The third-order valence-corrected chi connectivity index (χ3v) is 5.28. The smallest absolute Gasteiger partial charge is 0.390 e. The summed E-state index contributed by atoms with van der Waals surface area (Å²) >= 11 is 0. The number of ether oxygens (including phenoxy) is 1. The number of halogens is 2. The van der Waals surface area contributed by atoms with E-state index in [1.165, 1.54) is 13.1 Å². The lowest BCUT2D eigenvalue weighted by Crippen LogP contribution is -2.35. The molecule has 0 aromatic carbocycles. The molecule has 2 aliphatic heterocycles. The van der Waals surface area contributed by atoms with Crippen molar-refractivity contribution >= 4 is 7.82 Å². The first-order chi connectivity index (χ1) is 12.1. The van der Waals surface area contributed by atoms with Crippen molar-refractivity contribution in [2.24, 2.45) is 0 Å². The number of aromatic amines is 1. The molecule has 2 fully saturated rings. The molecule has 0 bridgehead atoms. The minimum atomic E-state index is -4.18. The number of aliphatic hydroxyl groups excluding tert-OH is 1. The molecule has 0 unspecified atom stereocenters. The summed E-state index contributed by atoms with van der Waals surface area (Å²) in [5.41, 5.74) is -0.976. The first kappa shape index (κ1) is 19.3. The Balaban J connectivity index is 1.63. The number of phosphoric ester groups is 1. The lowest BCUT2D eigenvalue weighted by atomic mass is 10.2. The van der Waals surface area contributed by atoms with Gasteiger partial charge in [0.1, 0.15) is 25.5 Å². The van der Waals surface area contributed by atoms with Crippen LogP contribution in [0, 0.1) is 6.92 Å². The number of aliphatic hydroxyl groups is 1. The van der Waals surface area contributed by atoms with Gasteiger partial charge >= 0.3 is 13.5 Å². The number of phosphoric acid groups is 1. The third-order valence-electron chi connectivity index (χ3n) is 3.92. The molecule has 26 heavy (non-hydrogen) atoms. The molecule has 3 heterocycles. The van der Waals surface area contributed by atoms with E-state index < -0.39 is 63.3 Å². The van der Waals surface area contributed by atoms with Gasteiger partial charge in [0, 0.05) is 18.2 Å². The normalized spacial score (nSPS) is 30.4. The number of aryl methyl sites for hydroxylation is 1. The van der Waals surface area contributed by atoms with Gasteiger partial charge in [-0.25, -0.2) is 18.1 Å². The Hall–Kier alpha value is -1.43. The van der Waals surface area contributed by atoms with Crippen LogP contribution in [0.25, 0.3) is 0 Å². The molecular formula is C13H17F2N2O8P. The van der Waals surface area contributed by atoms with Crippen LogP contribution in [0.15, 0.2) is 15.8 Å². The van der Waals surface area contributed by atoms with E-state index in [2.05, 4.69) is 14.0 Å². The number of rotatable bonds is 4. The predicted octanol–water partition coefficient (Wildman–Crippen LogP) is 0.300. The van der Waals surface area contributed by atoms with Crippen LogP contribution >= 0.6 is 7.82 Å². The Kier molecular flexibility index (Phi) is 5.17. The number of H-pyrrole nitrogens is 1. The van der Waals surface area contributed by atoms with Gasteiger partial charge in [-0.05, 0) is 6.92 Å². The molecule has 2 aliphatic rings. The Morgan fingerprint density at radius 1 is 1.42 bits per heavy atom. The first-order valence-corrected chi connectivity index (χ1v) is 9.12. The van der Waals surface area contributed by atoms with Gasteiger partial charge in [-0.15, -0.1) is 0 Å². The lowest BCUT2D eigenvalue weighted by Gasteiger charge is -2.28. The highest BCUT2D eigenvalue weighted by Gasteiger charge is 2.45. The maximum Gasteiger partial charge on any atom is 0.475 e. The summed E-state index contributed by atoms with van der Waals surface area (Å²) in [4.78, 5) is 25.4. The Morgan fingerprint density at radius 2 is 2.08 bits per heavy atom. The zero-order valence-corrected chi connectivity index (χ0v) is 14.5. The summed E-state index contributed by atoms with van der Waals surface area (Å²) in [7, 11) is -4.18. The fourth-order valence-electron chi connectivity index (χ4n) is 2.50. The maximum absolute atomic E-state index is 12.9.